The fraction of sp³-hybridized carbons (Fsp3) is 0.167. The Kier molecular flexibility index (Phi) is 1.26. The molecule has 1 rings (SSSR count). The van der Waals surface area contributed by atoms with Crippen molar-refractivity contribution in [2.45, 2.75) is 0 Å². The summed E-state index contributed by atoms with van der Waals surface area (Å²) in [5.41, 5.74) is 0. The quantitative estimate of drug-likeness (QED) is 0.508. The summed E-state index contributed by atoms with van der Waals surface area (Å²) in [6.45, 7) is 0. The van der Waals surface area contributed by atoms with Gasteiger partial charge in [0, 0.05) is 0 Å². The van der Waals surface area contributed by atoms with Crippen molar-refractivity contribution in [1.82, 2.24) is 0 Å². The lowest BCUT2D eigenvalue weighted by Gasteiger charge is -1.86. The number of aldehydes is 1. The standard InChI is InChI=1S/C6H6O3/c7-3-4-1-5(8)6(9)2-4/h1-4,8-9H. The second-order valence-electron chi connectivity index (χ2n) is 1.82. The van der Waals surface area contributed by atoms with E-state index in [1.54, 1.807) is 0 Å². The van der Waals surface area contributed by atoms with Gasteiger partial charge < -0.3 is 15.0 Å². The zero-order valence-electron chi connectivity index (χ0n) is 4.61. The number of carbonyl (C=O) groups is 1. The number of carbonyl (C=O) groups excluding carboxylic acids is 1. The van der Waals surface area contributed by atoms with Gasteiger partial charge in [-0.1, -0.05) is 0 Å². The van der Waals surface area contributed by atoms with Crippen LogP contribution in [0, 0.1) is 5.92 Å². The Labute approximate surface area is 51.9 Å². The maximum Gasteiger partial charge on any atom is 0.154 e. The molecule has 0 aromatic carbocycles. The molecule has 2 N–H and O–H groups in total. The minimum absolute atomic E-state index is 0.216. The minimum atomic E-state index is -0.454. The molecule has 0 saturated carbocycles. The first kappa shape index (κ1) is 5.88. The summed E-state index contributed by atoms with van der Waals surface area (Å²) < 4.78 is 0. The molecule has 0 amide bonds. The number of aliphatic hydroxyl groups excluding tert-OH is 2. The molecule has 3 nitrogen and oxygen atoms in total. The van der Waals surface area contributed by atoms with Gasteiger partial charge in [0.15, 0.2) is 11.5 Å². The summed E-state index contributed by atoms with van der Waals surface area (Å²) in [4.78, 5) is 9.99. The van der Waals surface area contributed by atoms with Crippen molar-refractivity contribution in [2.24, 2.45) is 5.92 Å². The van der Waals surface area contributed by atoms with Crippen LogP contribution in [-0.2, 0) is 4.79 Å². The first-order valence-electron chi connectivity index (χ1n) is 2.51. The smallest absolute Gasteiger partial charge is 0.154 e. The van der Waals surface area contributed by atoms with Crippen molar-refractivity contribution in [3.8, 4) is 0 Å². The topological polar surface area (TPSA) is 57.5 Å². The van der Waals surface area contributed by atoms with Gasteiger partial charge in [0.25, 0.3) is 0 Å². The van der Waals surface area contributed by atoms with Crippen LogP contribution in [0.5, 0.6) is 0 Å². The lowest BCUT2D eigenvalue weighted by atomic mass is 10.2. The molecule has 0 aromatic heterocycles. The predicted molar refractivity (Wildman–Crippen MR) is 31.0 cm³/mol. The van der Waals surface area contributed by atoms with Crippen LogP contribution < -0.4 is 0 Å². The maximum atomic E-state index is 9.99. The number of allylic oxidation sites excluding steroid dienone is 2. The van der Waals surface area contributed by atoms with Crippen molar-refractivity contribution < 1.29 is 15.0 Å². The number of rotatable bonds is 1. The lowest BCUT2D eigenvalue weighted by molar-refractivity contribution is -0.108. The highest BCUT2D eigenvalue weighted by molar-refractivity contribution is 5.62. The molecule has 0 aliphatic heterocycles. The zero-order valence-corrected chi connectivity index (χ0v) is 4.61. The highest BCUT2D eigenvalue weighted by atomic mass is 16.3. The van der Waals surface area contributed by atoms with Crippen LogP contribution in [-0.4, -0.2) is 16.5 Å². The summed E-state index contributed by atoms with van der Waals surface area (Å²) in [6.07, 6.45) is 3.20. The fourth-order valence-electron chi connectivity index (χ4n) is 0.662. The molecule has 0 atom stereocenters. The fourth-order valence-corrected chi connectivity index (χ4v) is 0.662. The molecule has 0 fully saturated rings. The molecule has 0 aromatic rings. The number of hydrogen-bond acceptors (Lipinski definition) is 3. The average Bonchev–Trinajstić information content (AvgIpc) is 2.13. The van der Waals surface area contributed by atoms with Crippen LogP contribution in [0.4, 0.5) is 0 Å². The second kappa shape index (κ2) is 1.93. The van der Waals surface area contributed by atoms with Crippen LogP contribution in [0.2, 0.25) is 0 Å². The van der Waals surface area contributed by atoms with E-state index in [1.165, 1.54) is 12.2 Å². The Balaban J connectivity index is 2.82. The molecule has 0 unspecified atom stereocenters. The summed E-state index contributed by atoms with van der Waals surface area (Å²) >= 11 is 0. The van der Waals surface area contributed by atoms with E-state index in [2.05, 4.69) is 0 Å². The van der Waals surface area contributed by atoms with Crippen LogP contribution in [0.25, 0.3) is 0 Å². The van der Waals surface area contributed by atoms with Crippen LogP contribution in [0.3, 0.4) is 0 Å². The van der Waals surface area contributed by atoms with Gasteiger partial charge in [-0.3, -0.25) is 0 Å². The van der Waals surface area contributed by atoms with E-state index in [0.29, 0.717) is 6.29 Å². The summed E-state index contributed by atoms with van der Waals surface area (Å²) in [7, 11) is 0. The van der Waals surface area contributed by atoms with Gasteiger partial charge in [-0.05, 0) is 12.2 Å². The number of hydrogen-bond donors (Lipinski definition) is 2. The molecule has 0 saturated heterocycles. The summed E-state index contributed by atoms with van der Waals surface area (Å²) in [5.74, 6) is -0.885. The largest absolute Gasteiger partial charge is 0.504 e. The van der Waals surface area contributed by atoms with Crippen molar-refractivity contribution in [1.29, 1.82) is 0 Å². The monoisotopic (exact) mass is 126 g/mol. The lowest BCUT2D eigenvalue weighted by Crippen LogP contribution is -1.87. The van der Waals surface area contributed by atoms with E-state index < -0.39 is 5.92 Å². The zero-order chi connectivity index (χ0) is 6.85. The Bertz CT molecular complexity index is 172. The first-order valence-corrected chi connectivity index (χ1v) is 2.51. The van der Waals surface area contributed by atoms with E-state index in [4.69, 9.17) is 10.2 Å². The van der Waals surface area contributed by atoms with Gasteiger partial charge >= 0.3 is 0 Å². The summed E-state index contributed by atoms with van der Waals surface area (Å²) in [5, 5.41) is 17.4. The molecule has 3 heteroatoms. The molecule has 0 bridgehead atoms. The highest BCUT2D eigenvalue weighted by Crippen LogP contribution is 2.16. The molecular weight excluding hydrogens is 120 g/mol. The van der Waals surface area contributed by atoms with E-state index in [-0.39, 0.29) is 11.5 Å². The van der Waals surface area contributed by atoms with Gasteiger partial charge in [-0.15, -0.1) is 0 Å². The molecule has 1 aliphatic rings. The molecule has 9 heavy (non-hydrogen) atoms. The van der Waals surface area contributed by atoms with Gasteiger partial charge in [0.05, 0.1) is 5.92 Å². The second-order valence-corrected chi connectivity index (χ2v) is 1.82. The highest BCUT2D eigenvalue weighted by Gasteiger charge is 2.14. The van der Waals surface area contributed by atoms with Crippen LogP contribution in [0.1, 0.15) is 0 Å². The van der Waals surface area contributed by atoms with Gasteiger partial charge in [-0.2, -0.15) is 0 Å². The molecule has 48 valence electrons. The summed E-state index contributed by atoms with van der Waals surface area (Å²) in [6, 6.07) is 0. The predicted octanol–water partition coefficient (Wildman–Crippen LogP) is 0.699. The van der Waals surface area contributed by atoms with E-state index in [0.717, 1.165) is 0 Å². The van der Waals surface area contributed by atoms with Crippen molar-refractivity contribution in [2.75, 3.05) is 0 Å². The molecular formula is C6H6O3. The Hall–Kier alpha value is -1.25. The van der Waals surface area contributed by atoms with Crippen molar-refractivity contribution >= 4 is 6.29 Å². The van der Waals surface area contributed by atoms with Gasteiger partial charge in [0.1, 0.15) is 6.29 Å². The van der Waals surface area contributed by atoms with Crippen LogP contribution >= 0.6 is 0 Å². The third-order valence-corrected chi connectivity index (χ3v) is 1.12. The maximum absolute atomic E-state index is 9.99. The first-order chi connectivity index (χ1) is 4.24. The molecule has 0 spiro atoms. The Morgan fingerprint density at radius 2 is 1.78 bits per heavy atom. The normalized spacial score (nSPS) is 19.1. The minimum Gasteiger partial charge on any atom is -0.504 e. The van der Waals surface area contributed by atoms with Crippen molar-refractivity contribution in [3.05, 3.63) is 23.7 Å². The van der Waals surface area contributed by atoms with E-state index >= 15 is 0 Å². The average molecular weight is 126 g/mol. The Morgan fingerprint density at radius 3 is 2.00 bits per heavy atom. The SMILES string of the molecule is O=CC1C=C(O)C(O)=C1. The van der Waals surface area contributed by atoms with Gasteiger partial charge in [0.2, 0.25) is 0 Å². The van der Waals surface area contributed by atoms with Crippen LogP contribution in [0.15, 0.2) is 23.7 Å². The molecule has 1 aliphatic carbocycles. The molecule has 0 heterocycles. The van der Waals surface area contributed by atoms with E-state index in [1.807, 2.05) is 0 Å². The van der Waals surface area contributed by atoms with Crippen molar-refractivity contribution in [3.63, 3.8) is 0 Å². The van der Waals surface area contributed by atoms with Gasteiger partial charge in [-0.25, -0.2) is 0 Å². The Morgan fingerprint density at radius 1 is 1.33 bits per heavy atom. The number of aliphatic hydroxyl groups is 2. The third kappa shape index (κ3) is 0.937. The molecule has 0 radical (unpaired) electrons. The third-order valence-electron chi connectivity index (χ3n) is 1.12. The van der Waals surface area contributed by atoms with E-state index in [9.17, 15) is 4.79 Å².